The molecule has 7 heteroatoms. The van der Waals surface area contributed by atoms with Crippen LogP contribution in [0.2, 0.25) is 0 Å². The number of rotatable bonds is 8. The number of carbonyl (C=O) groups is 1. The van der Waals surface area contributed by atoms with Crippen LogP contribution in [0.15, 0.2) is 33.9 Å². The summed E-state index contributed by atoms with van der Waals surface area (Å²) in [6, 6.07) is 5.59. The number of nitrogens with one attached hydrogen (secondary N) is 1. The summed E-state index contributed by atoms with van der Waals surface area (Å²) in [4.78, 5) is 17.0. The van der Waals surface area contributed by atoms with Crippen LogP contribution in [0.3, 0.4) is 0 Å². The summed E-state index contributed by atoms with van der Waals surface area (Å²) >= 11 is 1.49. The zero-order valence-corrected chi connectivity index (χ0v) is 16.1. The lowest BCUT2D eigenvalue weighted by molar-refractivity contribution is 0.0896. The molecule has 2 aromatic heterocycles. The van der Waals surface area contributed by atoms with E-state index in [1.54, 1.807) is 12.3 Å². The fraction of sp³-hybridized carbons (Fsp3) is 0.526. The highest BCUT2D eigenvalue weighted by Crippen LogP contribution is 2.24. The van der Waals surface area contributed by atoms with Crippen LogP contribution in [0.4, 0.5) is 0 Å². The lowest BCUT2D eigenvalue weighted by Crippen LogP contribution is -2.33. The molecule has 1 saturated heterocycles. The Balaban J connectivity index is 1.54. The molecule has 0 aromatic carbocycles. The second-order valence-corrected chi connectivity index (χ2v) is 7.62. The molecule has 3 rings (SSSR count). The van der Waals surface area contributed by atoms with Gasteiger partial charge in [0.1, 0.15) is 10.8 Å². The number of amides is 1. The molecule has 26 heavy (non-hydrogen) atoms. The van der Waals surface area contributed by atoms with Crippen LogP contribution in [-0.4, -0.2) is 34.8 Å². The SMILES string of the molecule is Cc1cc(CSc2ncccc2C(=O)NC(C)CCC2CCCO2)no1. The molecule has 140 valence electrons. The van der Waals surface area contributed by atoms with Gasteiger partial charge in [0.15, 0.2) is 0 Å². The Labute approximate surface area is 158 Å². The van der Waals surface area contributed by atoms with Crippen LogP contribution in [0.1, 0.15) is 54.4 Å². The Bertz CT molecular complexity index is 728. The van der Waals surface area contributed by atoms with Crippen molar-refractivity contribution < 1.29 is 14.1 Å². The maximum Gasteiger partial charge on any atom is 0.254 e. The Kier molecular flexibility index (Phi) is 6.68. The highest BCUT2D eigenvalue weighted by molar-refractivity contribution is 7.98. The predicted octanol–water partition coefficient (Wildman–Crippen LogP) is 3.75. The molecule has 2 unspecified atom stereocenters. The van der Waals surface area contributed by atoms with Gasteiger partial charge < -0.3 is 14.6 Å². The van der Waals surface area contributed by atoms with Gasteiger partial charge in [0, 0.05) is 30.7 Å². The van der Waals surface area contributed by atoms with Gasteiger partial charge in [-0.2, -0.15) is 0 Å². The molecule has 1 aliphatic rings. The molecule has 0 bridgehead atoms. The van der Waals surface area contributed by atoms with Crippen molar-refractivity contribution in [1.82, 2.24) is 15.5 Å². The predicted molar refractivity (Wildman–Crippen MR) is 100 cm³/mol. The number of aromatic nitrogens is 2. The fourth-order valence-electron chi connectivity index (χ4n) is 2.99. The standard InChI is InChI=1S/C19H25N3O3S/c1-13(7-8-16-5-4-10-24-16)21-18(23)17-6-3-9-20-19(17)26-12-15-11-14(2)25-22-15/h3,6,9,11,13,16H,4-5,7-8,10,12H2,1-2H3,(H,21,23). The highest BCUT2D eigenvalue weighted by Gasteiger charge is 2.19. The van der Waals surface area contributed by atoms with E-state index >= 15 is 0 Å². The molecule has 1 amide bonds. The molecule has 2 atom stereocenters. The molecular weight excluding hydrogens is 350 g/mol. The van der Waals surface area contributed by atoms with E-state index in [9.17, 15) is 4.79 Å². The van der Waals surface area contributed by atoms with Gasteiger partial charge in [-0.25, -0.2) is 4.98 Å². The topological polar surface area (TPSA) is 77.2 Å². The van der Waals surface area contributed by atoms with Crippen molar-refractivity contribution in [3.63, 3.8) is 0 Å². The average Bonchev–Trinajstić information content (AvgIpc) is 3.30. The normalized spacial score (nSPS) is 18.0. The lowest BCUT2D eigenvalue weighted by atomic mass is 10.1. The van der Waals surface area contributed by atoms with Crippen molar-refractivity contribution in [1.29, 1.82) is 0 Å². The number of ether oxygens (including phenoxy) is 1. The van der Waals surface area contributed by atoms with Gasteiger partial charge in [-0.15, -0.1) is 0 Å². The zero-order chi connectivity index (χ0) is 18.4. The molecule has 0 aliphatic carbocycles. The Morgan fingerprint density at radius 1 is 1.50 bits per heavy atom. The van der Waals surface area contributed by atoms with Gasteiger partial charge in [0.2, 0.25) is 0 Å². The van der Waals surface area contributed by atoms with Gasteiger partial charge in [0.05, 0.1) is 17.4 Å². The van der Waals surface area contributed by atoms with E-state index in [2.05, 4.69) is 15.5 Å². The zero-order valence-electron chi connectivity index (χ0n) is 15.2. The molecule has 3 heterocycles. The molecular formula is C19H25N3O3S. The number of pyridine rings is 1. The number of thioether (sulfide) groups is 1. The van der Waals surface area contributed by atoms with Gasteiger partial charge in [0.25, 0.3) is 5.91 Å². The summed E-state index contributed by atoms with van der Waals surface area (Å²) < 4.78 is 10.7. The number of carbonyl (C=O) groups excluding carboxylic acids is 1. The van der Waals surface area contributed by atoms with Gasteiger partial charge in [-0.3, -0.25) is 4.79 Å². The summed E-state index contributed by atoms with van der Waals surface area (Å²) in [5.41, 5.74) is 1.44. The molecule has 1 fully saturated rings. The first-order valence-corrected chi connectivity index (χ1v) is 10.0. The minimum atomic E-state index is -0.0863. The monoisotopic (exact) mass is 375 g/mol. The minimum Gasteiger partial charge on any atom is -0.378 e. The van der Waals surface area contributed by atoms with E-state index in [4.69, 9.17) is 9.26 Å². The van der Waals surface area contributed by atoms with E-state index in [1.807, 2.05) is 26.0 Å². The molecule has 0 spiro atoms. The van der Waals surface area contributed by atoms with Gasteiger partial charge in [-0.05, 0) is 51.7 Å². The van der Waals surface area contributed by atoms with E-state index < -0.39 is 0 Å². The Hall–Kier alpha value is -1.86. The first-order chi connectivity index (χ1) is 12.6. The first kappa shape index (κ1) is 18.9. The fourth-order valence-corrected chi connectivity index (χ4v) is 3.86. The second-order valence-electron chi connectivity index (χ2n) is 6.66. The van der Waals surface area contributed by atoms with Crippen molar-refractivity contribution in [2.75, 3.05) is 6.61 Å². The van der Waals surface area contributed by atoms with Crippen molar-refractivity contribution in [3.8, 4) is 0 Å². The molecule has 0 saturated carbocycles. The quantitative estimate of drug-likeness (QED) is 0.708. The average molecular weight is 375 g/mol. The Morgan fingerprint density at radius 2 is 2.38 bits per heavy atom. The van der Waals surface area contributed by atoms with Crippen molar-refractivity contribution in [3.05, 3.63) is 41.4 Å². The van der Waals surface area contributed by atoms with Gasteiger partial charge >= 0.3 is 0 Å². The summed E-state index contributed by atoms with van der Waals surface area (Å²) in [5.74, 6) is 1.31. The van der Waals surface area contributed by atoms with Crippen LogP contribution in [0.25, 0.3) is 0 Å². The van der Waals surface area contributed by atoms with Crippen molar-refractivity contribution in [2.45, 2.75) is 62.5 Å². The molecule has 6 nitrogen and oxygen atoms in total. The number of nitrogens with zero attached hydrogens (tertiary/aromatic N) is 2. The number of hydrogen-bond donors (Lipinski definition) is 1. The maximum absolute atomic E-state index is 12.7. The highest BCUT2D eigenvalue weighted by atomic mass is 32.2. The van der Waals surface area contributed by atoms with Crippen LogP contribution in [0, 0.1) is 6.92 Å². The van der Waals surface area contributed by atoms with Crippen LogP contribution in [0.5, 0.6) is 0 Å². The third-order valence-electron chi connectivity index (χ3n) is 4.37. The first-order valence-electron chi connectivity index (χ1n) is 9.04. The summed E-state index contributed by atoms with van der Waals surface area (Å²) in [6.45, 7) is 4.76. The largest absolute Gasteiger partial charge is 0.378 e. The summed E-state index contributed by atoms with van der Waals surface area (Å²) in [5, 5.41) is 7.77. The van der Waals surface area contributed by atoms with Crippen LogP contribution in [-0.2, 0) is 10.5 Å². The van der Waals surface area contributed by atoms with Crippen LogP contribution < -0.4 is 5.32 Å². The van der Waals surface area contributed by atoms with E-state index in [0.29, 0.717) is 22.4 Å². The van der Waals surface area contributed by atoms with E-state index in [0.717, 1.165) is 43.7 Å². The lowest BCUT2D eigenvalue weighted by Gasteiger charge is -2.17. The molecule has 0 radical (unpaired) electrons. The third kappa shape index (κ3) is 5.32. The van der Waals surface area contributed by atoms with Gasteiger partial charge in [-0.1, -0.05) is 16.9 Å². The second kappa shape index (κ2) is 9.19. The summed E-state index contributed by atoms with van der Waals surface area (Å²) in [6.07, 6.45) is 6.23. The minimum absolute atomic E-state index is 0.0863. The third-order valence-corrected chi connectivity index (χ3v) is 5.41. The maximum atomic E-state index is 12.7. The molecule has 2 aromatic rings. The molecule has 1 N–H and O–H groups in total. The smallest absolute Gasteiger partial charge is 0.254 e. The molecule has 1 aliphatic heterocycles. The number of aryl methyl sites for hydroxylation is 1. The number of hydrogen-bond acceptors (Lipinski definition) is 6. The van der Waals surface area contributed by atoms with Crippen molar-refractivity contribution in [2.24, 2.45) is 0 Å². The van der Waals surface area contributed by atoms with Crippen LogP contribution >= 0.6 is 11.8 Å². The van der Waals surface area contributed by atoms with Crippen molar-refractivity contribution >= 4 is 17.7 Å². The van der Waals surface area contributed by atoms with E-state index in [1.165, 1.54) is 11.8 Å². The Morgan fingerprint density at radius 3 is 3.12 bits per heavy atom. The van der Waals surface area contributed by atoms with E-state index in [-0.39, 0.29) is 11.9 Å². The summed E-state index contributed by atoms with van der Waals surface area (Å²) in [7, 11) is 0.